The monoisotopic (exact) mass is 333 g/mol. The van der Waals surface area contributed by atoms with E-state index in [4.69, 9.17) is 0 Å². The van der Waals surface area contributed by atoms with Gasteiger partial charge in [0.1, 0.15) is 0 Å². The highest BCUT2D eigenvalue weighted by Gasteiger charge is 2.27. The van der Waals surface area contributed by atoms with Crippen molar-refractivity contribution in [2.24, 2.45) is 0 Å². The quantitative estimate of drug-likeness (QED) is 0.802. The van der Waals surface area contributed by atoms with Gasteiger partial charge in [0, 0.05) is 19.6 Å². The molecule has 1 saturated heterocycles. The SMILES string of the molecule is CCNS(=O)(=O)Nc1cccc(S(=O)(=O)N2CCCC2)c1. The molecule has 0 unspecified atom stereocenters. The standard InChI is InChI=1S/C12H19N3O4S2/c1-2-13-21(18,19)14-11-6-5-7-12(10-11)20(16,17)15-8-3-4-9-15/h5-7,10,13-14H,2-4,8-9H2,1H3. The molecule has 21 heavy (non-hydrogen) atoms. The molecule has 0 aromatic heterocycles. The van der Waals surface area contributed by atoms with Crippen LogP contribution in [0.4, 0.5) is 5.69 Å². The minimum atomic E-state index is -3.67. The lowest BCUT2D eigenvalue weighted by Gasteiger charge is -2.16. The Labute approximate surface area is 125 Å². The van der Waals surface area contributed by atoms with Gasteiger partial charge >= 0.3 is 0 Å². The van der Waals surface area contributed by atoms with E-state index in [1.807, 2.05) is 0 Å². The van der Waals surface area contributed by atoms with Gasteiger partial charge in [-0.05, 0) is 31.0 Å². The van der Waals surface area contributed by atoms with Crippen LogP contribution in [0.1, 0.15) is 19.8 Å². The fraction of sp³-hybridized carbons (Fsp3) is 0.500. The summed E-state index contributed by atoms with van der Waals surface area (Å²) in [4.78, 5) is 0.0982. The van der Waals surface area contributed by atoms with E-state index < -0.39 is 20.2 Å². The fourth-order valence-corrected chi connectivity index (χ4v) is 4.63. The first-order valence-electron chi connectivity index (χ1n) is 6.73. The topological polar surface area (TPSA) is 95.6 Å². The molecule has 2 rings (SSSR count). The average molecular weight is 333 g/mol. The van der Waals surface area contributed by atoms with Crippen LogP contribution in [0.15, 0.2) is 29.2 Å². The summed E-state index contributed by atoms with van der Waals surface area (Å²) in [6.07, 6.45) is 1.71. The lowest BCUT2D eigenvalue weighted by atomic mass is 10.3. The first-order chi connectivity index (χ1) is 9.85. The van der Waals surface area contributed by atoms with Gasteiger partial charge in [-0.3, -0.25) is 4.72 Å². The summed E-state index contributed by atoms with van der Waals surface area (Å²) in [5.74, 6) is 0. The van der Waals surface area contributed by atoms with Crippen molar-refractivity contribution in [3.8, 4) is 0 Å². The van der Waals surface area contributed by atoms with E-state index in [9.17, 15) is 16.8 Å². The summed E-state index contributed by atoms with van der Waals surface area (Å²) in [5, 5.41) is 0. The van der Waals surface area contributed by atoms with Crippen LogP contribution in [0.5, 0.6) is 0 Å². The van der Waals surface area contributed by atoms with Gasteiger partial charge in [-0.15, -0.1) is 0 Å². The van der Waals surface area contributed by atoms with Crippen molar-refractivity contribution in [3.05, 3.63) is 24.3 Å². The van der Waals surface area contributed by atoms with Crippen LogP contribution >= 0.6 is 0 Å². The van der Waals surface area contributed by atoms with E-state index in [0.29, 0.717) is 13.1 Å². The number of nitrogens with zero attached hydrogens (tertiary/aromatic N) is 1. The van der Waals surface area contributed by atoms with Crippen molar-refractivity contribution in [1.29, 1.82) is 0 Å². The number of hydrogen-bond donors (Lipinski definition) is 2. The van der Waals surface area contributed by atoms with Gasteiger partial charge in [0.05, 0.1) is 10.6 Å². The number of anilines is 1. The molecule has 1 fully saturated rings. The lowest BCUT2D eigenvalue weighted by molar-refractivity contribution is 0.477. The van der Waals surface area contributed by atoms with Crippen LogP contribution in [0.2, 0.25) is 0 Å². The van der Waals surface area contributed by atoms with Gasteiger partial charge in [0.25, 0.3) is 10.2 Å². The molecule has 1 aliphatic rings. The Bertz CT molecular complexity index is 695. The first-order valence-corrected chi connectivity index (χ1v) is 9.65. The maximum absolute atomic E-state index is 12.4. The van der Waals surface area contributed by atoms with Crippen molar-refractivity contribution in [2.75, 3.05) is 24.4 Å². The van der Waals surface area contributed by atoms with Crippen LogP contribution in [-0.4, -0.2) is 40.8 Å². The predicted octanol–water partition coefficient (Wildman–Crippen LogP) is 0.737. The number of sulfonamides is 1. The molecule has 9 heteroatoms. The van der Waals surface area contributed by atoms with E-state index in [1.54, 1.807) is 6.92 Å². The maximum atomic E-state index is 12.4. The Kier molecular flexibility index (Phi) is 4.87. The highest BCUT2D eigenvalue weighted by Crippen LogP contribution is 2.23. The second-order valence-corrected chi connectivity index (χ2v) is 8.18. The van der Waals surface area contributed by atoms with Crippen molar-refractivity contribution < 1.29 is 16.8 Å². The lowest BCUT2D eigenvalue weighted by Crippen LogP contribution is -2.30. The van der Waals surface area contributed by atoms with Crippen LogP contribution in [0.25, 0.3) is 0 Å². The largest absolute Gasteiger partial charge is 0.299 e. The van der Waals surface area contributed by atoms with E-state index in [0.717, 1.165) is 12.8 Å². The number of hydrogen-bond acceptors (Lipinski definition) is 4. The third kappa shape index (κ3) is 3.94. The molecular formula is C12H19N3O4S2. The van der Waals surface area contributed by atoms with E-state index >= 15 is 0 Å². The summed E-state index contributed by atoms with van der Waals surface area (Å²) >= 11 is 0. The fourth-order valence-electron chi connectivity index (χ4n) is 2.18. The summed E-state index contributed by atoms with van der Waals surface area (Å²) < 4.78 is 54.1. The highest BCUT2D eigenvalue weighted by molar-refractivity contribution is 7.90. The molecule has 7 nitrogen and oxygen atoms in total. The van der Waals surface area contributed by atoms with E-state index in [-0.39, 0.29) is 17.1 Å². The molecule has 0 bridgehead atoms. The highest BCUT2D eigenvalue weighted by atomic mass is 32.2. The normalized spacial score (nSPS) is 17.0. The van der Waals surface area contributed by atoms with Crippen LogP contribution in [0, 0.1) is 0 Å². The first kappa shape index (κ1) is 16.2. The van der Waals surface area contributed by atoms with Crippen LogP contribution < -0.4 is 9.44 Å². The smallest absolute Gasteiger partial charge is 0.271 e. The zero-order valence-corrected chi connectivity index (χ0v) is 13.4. The van der Waals surface area contributed by atoms with Crippen molar-refractivity contribution in [3.63, 3.8) is 0 Å². The third-order valence-corrected chi connectivity index (χ3v) is 6.19. The third-order valence-electron chi connectivity index (χ3n) is 3.12. The molecule has 0 atom stereocenters. The van der Waals surface area contributed by atoms with Gasteiger partial charge in [0.15, 0.2) is 0 Å². The van der Waals surface area contributed by atoms with Crippen LogP contribution in [-0.2, 0) is 20.2 Å². The second-order valence-electron chi connectivity index (χ2n) is 4.74. The van der Waals surface area contributed by atoms with Gasteiger partial charge < -0.3 is 0 Å². The number of rotatable bonds is 6. The minimum absolute atomic E-state index is 0.0982. The predicted molar refractivity (Wildman–Crippen MR) is 80.7 cm³/mol. The molecule has 2 N–H and O–H groups in total. The number of benzene rings is 1. The maximum Gasteiger partial charge on any atom is 0.299 e. The molecule has 1 aromatic carbocycles. The summed E-state index contributed by atoms with van der Waals surface area (Å²) in [7, 11) is -7.23. The molecule has 1 aliphatic heterocycles. The van der Waals surface area contributed by atoms with Crippen molar-refractivity contribution in [1.82, 2.24) is 9.03 Å². The molecule has 1 aromatic rings. The second kappa shape index (κ2) is 6.30. The summed E-state index contributed by atoms with van der Waals surface area (Å²) in [5.41, 5.74) is 0.219. The van der Waals surface area contributed by atoms with Gasteiger partial charge in [-0.1, -0.05) is 13.0 Å². The minimum Gasteiger partial charge on any atom is -0.271 e. The Balaban J connectivity index is 2.25. The van der Waals surface area contributed by atoms with Gasteiger partial charge in [-0.2, -0.15) is 17.4 Å². The molecule has 0 amide bonds. The number of nitrogens with one attached hydrogen (secondary N) is 2. The molecule has 0 spiro atoms. The zero-order chi connectivity index (χ0) is 15.5. The van der Waals surface area contributed by atoms with E-state index in [2.05, 4.69) is 9.44 Å². The summed E-state index contributed by atoms with van der Waals surface area (Å²) in [6, 6.07) is 5.84. The molecule has 0 saturated carbocycles. The molecular weight excluding hydrogens is 314 g/mol. The van der Waals surface area contributed by atoms with Gasteiger partial charge in [0.2, 0.25) is 10.0 Å². The van der Waals surface area contributed by atoms with Crippen molar-refractivity contribution >= 4 is 25.9 Å². The molecule has 0 aliphatic carbocycles. The Hall–Kier alpha value is -1.16. The molecule has 118 valence electrons. The van der Waals surface area contributed by atoms with Gasteiger partial charge in [-0.25, -0.2) is 8.42 Å². The zero-order valence-electron chi connectivity index (χ0n) is 11.7. The van der Waals surface area contributed by atoms with E-state index in [1.165, 1.54) is 28.6 Å². The Morgan fingerprint density at radius 2 is 1.81 bits per heavy atom. The average Bonchev–Trinajstić information content (AvgIpc) is 2.92. The Morgan fingerprint density at radius 3 is 2.43 bits per heavy atom. The van der Waals surface area contributed by atoms with Crippen molar-refractivity contribution in [2.45, 2.75) is 24.7 Å². The molecule has 1 heterocycles. The summed E-state index contributed by atoms with van der Waals surface area (Å²) in [6.45, 7) is 2.93. The van der Waals surface area contributed by atoms with Crippen LogP contribution in [0.3, 0.4) is 0 Å². The Morgan fingerprint density at radius 1 is 1.14 bits per heavy atom. The molecule has 0 radical (unpaired) electrons.